The van der Waals surface area contributed by atoms with E-state index < -0.39 is 0 Å². The average molecular weight is 313 g/mol. The Morgan fingerprint density at radius 3 is 2.77 bits per heavy atom. The lowest BCUT2D eigenvalue weighted by Gasteiger charge is -2.21. The summed E-state index contributed by atoms with van der Waals surface area (Å²) >= 11 is 6.06. The minimum atomic E-state index is 0.0677. The number of ketones is 1. The molecule has 4 heteroatoms. The summed E-state index contributed by atoms with van der Waals surface area (Å²) in [6.07, 6.45) is 5.35. The van der Waals surface area contributed by atoms with E-state index >= 15 is 0 Å². The van der Waals surface area contributed by atoms with Gasteiger partial charge in [-0.1, -0.05) is 17.7 Å². The first kappa shape index (κ1) is 13.8. The van der Waals surface area contributed by atoms with Crippen LogP contribution in [-0.4, -0.2) is 10.8 Å². The number of carbonyl (C=O) groups is 1. The second-order valence-corrected chi connectivity index (χ2v) is 6.68. The van der Waals surface area contributed by atoms with E-state index in [1.54, 1.807) is 13.1 Å². The Labute approximate surface area is 134 Å². The number of aromatic nitrogens is 1. The third-order valence-corrected chi connectivity index (χ3v) is 5.08. The highest BCUT2D eigenvalue weighted by molar-refractivity contribution is 6.30. The van der Waals surface area contributed by atoms with Gasteiger partial charge in [0.2, 0.25) is 0 Å². The molecule has 22 heavy (non-hydrogen) atoms. The molecule has 1 N–H and O–H groups in total. The quantitative estimate of drug-likeness (QED) is 0.807. The SMILES string of the molecule is CC(=O)c1ncc(Nc2cccc(Cl)c2)c2c1C1CCC2C1. The number of carbonyl (C=O) groups excluding carboxylic acids is 1. The number of benzene rings is 1. The fourth-order valence-corrected chi connectivity index (χ4v) is 4.19. The molecule has 112 valence electrons. The first-order valence-corrected chi connectivity index (χ1v) is 8.07. The van der Waals surface area contributed by atoms with Crippen molar-refractivity contribution in [1.82, 2.24) is 4.98 Å². The minimum absolute atomic E-state index is 0.0677. The lowest BCUT2D eigenvalue weighted by atomic mass is 9.89. The van der Waals surface area contributed by atoms with E-state index in [9.17, 15) is 4.79 Å². The van der Waals surface area contributed by atoms with E-state index in [0.29, 0.717) is 22.6 Å². The lowest BCUT2D eigenvalue weighted by Crippen LogP contribution is -2.11. The van der Waals surface area contributed by atoms with Crippen molar-refractivity contribution in [2.24, 2.45) is 0 Å². The van der Waals surface area contributed by atoms with Crippen LogP contribution in [0.1, 0.15) is 59.6 Å². The summed E-state index contributed by atoms with van der Waals surface area (Å²) < 4.78 is 0. The van der Waals surface area contributed by atoms with Crippen molar-refractivity contribution >= 4 is 28.8 Å². The van der Waals surface area contributed by atoms with Gasteiger partial charge < -0.3 is 5.32 Å². The number of Topliss-reactive ketones (excluding diaryl/α,β-unsaturated/α-hetero) is 1. The second-order valence-electron chi connectivity index (χ2n) is 6.25. The average Bonchev–Trinajstić information content (AvgIpc) is 3.09. The van der Waals surface area contributed by atoms with Gasteiger partial charge in [-0.25, -0.2) is 0 Å². The maximum Gasteiger partial charge on any atom is 0.178 e. The van der Waals surface area contributed by atoms with Crippen molar-refractivity contribution in [3.8, 4) is 0 Å². The number of hydrogen-bond donors (Lipinski definition) is 1. The molecule has 1 aromatic heterocycles. The Bertz CT molecular complexity index is 772. The fourth-order valence-electron chi connectivity index (χ4n) is 4.00. The molecule has 1 fully saturated rings. The van der Waals surface area contributed by atoms with Gasteiger partial charge in [0.1, 0.15) is 5.69 Å². The number of hydrogen-bond acceptors (Lipinski definition) is 3. The molecule has 1 aromatic carbocycles. The van der Waals surface area contributed by atoms with E-state index in [-0.39, 0.29) is 5.78 Å². The summed E-state index contributed by atoms with van der Waals surface area (Å²) in [4.78, 5) is 16.3. The maximum atomic E-state index is 11.9. The van der Waals surface area contributed by atoms with Gasteiger partial charge in [-0.3, -0.25) is 9.78 Å². The van der Waals surface area contributed by atoms with Crippen molar-refractivity contribution in [2.45, 2.75) is 38.0 Å². The molecule has 1 heterocycles. The first-order chi connectivity index (χ1) is 10.6. The third-order valence-electron chi connectivity index (χ3n) is 4.84. The van der Waals surface area contributed by atoms with Crippen LogP contribution in [0.5, 0.6) is 0 Å². The highest BCUT2D eigenvalue weighted by Gasteiger charge is 2.41. The molecule has 0 spiro atoms. The number of rotatable bonds is 3. The number of nitrogens with zero attached hydrogens (tertiary/aromatic N) is 1. The Morgan fingerprint density at radius 1 is 1.27 bits per heavy atom. The number of anilines is 2. The molecule has 2 atom stereocenters. The molecule has 1 saturated carbocycles. The Kier molecular flexibility index (Phi) is 3.19. The van der Waals surface area contributed by atoms with Gasteiger partial charge in [0.05, 0.1) is 11.9 Å². The third kappa shape index (κ3) is 2.12. The Morgan fingerprint density at radius 2 is 2.05 bits per heavy atom. The second kappa shape index (κ2) is 5.10. The van der Waals surface area contributed by atoms with Gasteiger partial charge in [-0.2, -0.15) is 0 Å². The summed E-state index contributed by atoms with van der Waals surface area (Å²) in [5.74, 6) is 1.13. The van der Waals surface area contributed by atoms with Crippen LogP contribution in [-0.2, 0) is 0 Å². The fraction of sp³-hybridized carbons (Fsp3) is 0.333. The van der Waals surface area contributed by atoms with Gasteiger partial charge in [0.15, 0.2) is 5.78 Å². The monoisotopic (exact) mass is 312 g/mol. The summed E-state index contributed by atoms with van der Waals surface area (Å²) in [5.41, 5.74) is 5.13. The number of pyridine rings is 1. The summed E-state index contributed by atoms with van der Waals surface area (Å²) in [7, 11) is 0. The lowest BCUT2D eigenvalue weighted by molar-refractivity contribution is 0.101. The van der Waals surface area contributed by atoms with Crippen LogP contribution in [0.2, 0.25) is 5.02 Å². The van der Waals surface area contributed by atoms with E-state index in [4.69, 9.17) is 11.6 Å². The van der Waals surface area contributed by atoms with Crippen molar-refractivity contribution in [3.63, 3.8) is 0 Å². The zero-order valence-corrected chi connectivity index (χ0v) is 13.2. The first-order valence-electron chi connectivity index (χ1n) is 7.70. The van der Waals surface area contributed by atoms with E-state index in [1.165, 1.54) is 24.0 Å². The van der Waals surface area contributed by atoms with Crippen molar-refractivity contribution in [1.29, 1.82) is 0 Å². The van der Waals surface area contributed by atoms with Crippen LogP contribution in [0.4, 0.5) is 11.4 Å². The van der Waals surface area contributed by atoms with Gasteiger partial charge in [0, 0.05) is 17.6 Å². The van der Waals surface area contributed by atoms with Crippen LogP contribution >= 0.6 is 11.6 Å². The highest BCUT2D eigenvalue weighted by atomic mass is 35.5. The molecular formula is C18H17ClN2O. The smallest absolute Gasteiger partial charge is 0.178 e. The molecule has 2 bridgehead atoms. The van der Waals surface area contributed by atoms with Crippen molar-refractivity contribution in [3.05, 3.63) is 52.3 Å². The minimum Gasteiger partial charge on any atom is -0.354 e. The van der Waals surface area contributed by atoms with E-state index in [1.807, 2.05) is 24.3 Å². The van der Waals surface area contributed by atoms with Gasteiger partial charge in [-0.05, 0) is 60.4 Å². The van der Waals surface area contributed by atoms with Gasteiger partial charge in [0.25, 0.3) is 0 Å². The summed E-state index contributed by atoms with van der Waals surface area (Å²) in [5, 5.41) is 4.14. The topological polar surface area (TPSA) is 42.0 Å². The Hall–Kier alpha value is -1.87. The zero-order chi connectivity index (χ0) is 15.3. The predicted molar refractivity (Wildman–Crippen MR) is 88.3 cm³/mol. The van der Waals surface area contributed by atoms with Crippen LogP contribution in [0.15, 0.2) is 30.5 Å². The van der Waals surface area contributed by atoms with Crippen LogP contribution in [0.25, 0.3) is 0 Å². The zero-order valence-electron chi connectivity index (χ0n) is 12.4. The Balaban J connectivity index is 1.80. The van der Waals surface area contributed by atoms with Gasteiger partial charge >= 0.3 is 0 Å². The molecular weight excluding hydrogens is 296 g/mol. The summed E-state index contributed by atoms with van der Waals surface area (Å²) in [6.45, 7) is 1.61. The standard InChI is InChI=1S/C18H17ClN2O/c1-10(22)18-17-12-6-5-11(7-12)16(17)15(9-20-18)21-14-4-2-3-13(19)8-14/h2-4,8-9,11-12,21H,5-7H2,1H3. The summed E-state index contributed by atoms with van der Waals surface area (Å²) in [6, 6.07) is 7.68. The van der Waals surface area contributed by atoms with Crippen molar-refractivity contribution < 1.29 is 4.79 Å². The van der Waals surface area contributed by atoms with E-state index in [0.717, 1.165) is 17.8 Å². The van der Waals surface area contributed by atoms with Crippen LogP contribution in [0, 0.1) is 0 Å². The highest BCUT2D eigenvalue weighted by Crippen LogP contribution is 2.56. The number of halogens is 1. The largest absolute Gasteiger partial charge is 0.354 e. The normalized spacial score (nSPS) is 21.7. The van der Waals surface area contributed by atoms with Crippen LogP contribution in [0.3, 0.4) is 0 Å². The molecule has 2 unspecified atom stereocenters. The molecule has 0 aliphatic heterocycles. The molecule has 0 saturated heterocycles. The molecule has 4 rings (SSSR count). The molecule has 0 amide bonds. The van der Waals surface area contributed by atoms with E-state index in [2.05, 4.69) is 10.3 Å². The van der Waals surface area contributed by atoms with Crippen LogP contribution < -0.4 is 5.32 Å². The predicted octanol–water partition coefficient (Wildman–Crippen LogP) is 5.05. The maximum absolute atomic E-state index is 11.9. The van der Waals surface area contributed by atoms with Crippen molar-refractivity contribution in [2.75, 3.05) is 5.32 Å². The van der Waals surface area contributed by atoms with Gasteiger partial charge in [-0.15, -0.1) is 0 Å². The number of fused-ring (bicyclic) bond motifs is 5. The molecule has 2 aliphatic carbocycles. The molecule has 2 aromatic rings. The molecule has 3 nitrogen and oxygen atoms in total. The number of nitrogens with one attached hydrogen (secondary N) is 1. The molecule has 0 radical (unpaired) electrons. The molecule has 2 aliphatic rings.